The monoisotopic (exact) mass is 463 g/mol. The second-order valence-electron chi connectivity index (χ2n) is 6.93. The van der Waals surface area contributed by atoms with Crippen molar-refractivity contribution < 1.29 is 24.1 Å². The number of aromatic nitrogens is 2. The van der Waals surface area contributed by atoms with Gasteiger partial charge in [-0.15, -0.1) is 0 Å². The fourth-order valence-electron chi connectivity index (χ4n) is 3.32. The van der Waals surface area contributed by atoms with E-state index in [1.54, 1.807) is 55.0 Å². The molecule has 2 N–H and O–H groups in total. The number of ether oxygens (including phenoxy) is 3. The van der Waals surface area contributed by atoms with Crippen LogP contribution in [-0.4, -0.2) is 40.1 Å². The molecule has 1 aliphatic rings. The van der Waals surface area contributed by atoms with Crippen LogP contribution in [0.5, 0.6) is 5.75 Å². The van der Waals surface area contributed by atoms with E-state index in [9.17, 15) is 4.79 Å². The highest BCUT2D eigenvalue weighted by atomic mass is 35.5. The van der Waals surface area contributed by atoms with Crippen LogP contribution in [0.25, 0.3) is 0 Å². The zero-order valence-electron chi connectivity index (χ0n) is 16.2. The third-order valence-electron chi connectivity index (χ3n) is 4.69. The Balaban J connectivity index is 1.47. The lowest BCUT2D eigenvalue weighted by Gasteiger charge is -2.30. The van der Waals surface area contributed by atoms with E-state index in [4.69, 9.17) is 42.5 Å². The summed E-state index contributed by atoms with van der Waals surface area (Å²) in [5.41, 5.74) is 1.12. The highest BCUT2D eigenvalue weighted by Gasteiger charge is 2.45. The topological polar surface area (TPSA) is 94.8 Å². The summed E-state index contributed by atoms with van der Waals surface area (Å²) in [5.74, 6) is -0.540. The first-order valence-electron chi connectivity index (χ1n) is 9.39. The van der Waals surface area contributed by atoms with E-state index in [0.29, 0.717) is 40.2 Å². The van der Waals surface area contributed by atoms with Crippen molar-refractivity contribution in [3.8, 4) is 5.75 Å². The first-order chi connectivity index (χ1) is 14.9. The third-order valence-corrected chi connectivity index (χ3v) is 5.24. The highest BCUT2D eigenvalue weighted by Crippen LogP contribution is 2.40. The van der Waals surface area contributed by atoms with Crippen LogP contribution in [0.1, 0.15) is 5.56 Å². The van der Waals surface area contributed by atoms with Gasteiger partial charge in [-0.2, -0.15) is 0 Å². The van der Waals surface area contributed by atoms with Crippen LogP contribution in [0, 0.1) is 0 Å². The number of nitrogens with zero attached hydrogens (tertiary/aromatic N) is 2. The molecule has 1 aromatic heterocycles. The maximum Gasteiger partial charge on any atom is 0.409 e. The maximum atomic E-state index is 10.7. The molecule has 2 atom stereocenters. The van der Waals surface area contributed by atoms with E-state index < -0.39 is 11.9 Å². The number of nitrogens with one attached hydrogen (secondary N) is 1. The van der Waals surface area contributed by atoms with E-state index in [1.807, 2.05) is 10.8 Å². The Morgan fingerprint density at radius 2 is 2.10 bits per heavy atom. The van der Waals surface area contributed by atoms with E-state index >= 15 is 0 Å². The molecule has 31 heavy (non-hydrogen) atoms. The summed E-state index contributed by atoms with van der Waals surface area (Å²) in [6, 6.07) is 11.8. The summed E-state index contributed by atoms with van der Waals surface area (Å²) in [4.78, 5) is 14.8. The molecule has 2 aromatic carbocycles. The van der Waals surface area contributed by atoms with Gasteiger partial charge in [-0.1, -0.05) is 29.3 Å². The van der Waals surface area contributed by atoms with Gasteiger partial charge in [-0.25, -0.2) is 9.78 Å². The predicted molar refractivity (Wildman–Crippen MR) is 115 cm³/mol. The molecule has 2 heterocycles. The molecule has 3 aromatic rings. The minimum Gasteiger partial charge on any atom is -0.491 e. The summed E-state index contributed by atoms with van der Waals surface area (Å²) >= 11 is 12.5. The van der Waals surface area contributed by atoms with Gasteiger partial charge in [0.1, 0.15) is 18.5 Å². The Morgan fingerprint density at radius 3 is 2.77 bits per heavy atom. The zero-order valence-corrected chi connectivity index (χ0v) is 17.7. The largest absolute Gasteiger partial charge is 0.491 e. The molecule has 4 rings (SSSR count). The van der Waals surface area contributed by atoms with Gasteiger partial charge in [0.15, 0.2) is 0 Å². The number of anilines is 1. The Morgan fingerprint density at radius 1 is 1.29 bits per heavy atom. The molecule has 1 fully saturated rings. The van der Waals surface area contributed by atoms with Crippen LogP contribution in [0.2, 0.25) is 10.0 Å². The van der Waals surface area contributed by atoms with Crippen molar-refractivity contribution in [1.82, 2.24) is 9.55 Å². The van der Waals surface area contributed by atoms with E-state index in [1.165, 1.54) is 0 Å². The first-order valence-corrected chi connectivity index (χ1v) is 10.1. The molecule has 2 unspecified atom stereocenters. The fourth-order valence-corrected chi connectivity index (χ4v) is 3.87. The Kier molecular flexibility index (Phi) is 6.33. The average molecular weight is 464 g/mol. The van der Waals surface area contributed by atoms with Crippen molar-refractivity contribution in [1.29, 1.82) is 0 Å². The van der Waals surface area contributed by atoms with Crippen molar-refractivity contribution >= 4 is 35.0 Å². The van der Waals surface area contributed by atoms with Crippen molar-refractivity contribution in [3.63, 3.8) is 0 Å². The second-order valence-corrected chi connectivity index (χ2v) is 7.77. The number of benzene rings is 2. The van der Waals surface area contributed by atoms with Gasteiger partial charge >= 0.3 is 6.09 Å². The molecule has 8 nitrogen and oxygen atoms in total. The molecule has 10 heteroatoms. The molecule has 0 radical (unpaired) electrons. The Hall–Kier alpha value is -2.78. The van der Waals surface area contributed by atoms with E-state index in [-0.39, 0.29) is 12.7 Å². The van der Waals surface area contributed by atoms with Gasteiger partial charge in [-0.3, -0.25) is 5.32 Å². The van der Waals surface area contributed by atoms with Gasteiger partial charge in [0.25, 0.3) is 0 Å². The number of hydrogen-bond donors (Lipinski definition) is 2. The quantitative estimate of drug-likeness (QED) is 0.530. The minimum absolute atomic E-state index is 0.239. The van der Waals surface area contributed by atoms with Gasteiger partial charge < -0.3 is 23.9 Å². The number of halogens is 2. The number of carbonyl (C=O) groups is 1. The standard InChI is InChI=1S/C21H19Cl2N3O5/c22-14-1-6-18(19(23)9-14)21(12-26-8-7-24-13-26)30-11-17(31-21)10-29-16-4-2-15(3-5-16)25-20(27)28/h1-9,13,17,25H,10-12H2,(H,27,28). The van der Waals surface area contributed by atoms with Crippen LogP contribution in [0.4, 0.5) is 10.5 Å². The van der Waals surface area contributed by atoms with Gasteiger partial charge in [0, 0.05) is 28.7 Å². The number of imidazole rings is 1. The molecule has 1 saturated heterocycles. The van der Waals surface area contributed by atoms with Crippen LogP contribution < -0.4 is 10.1 Å². The van der Waals surface area contributed by atoms with Crippen molar-refractivity contribution in [2.24, 2.45) is 0 Å². The summed E-state index contributed by atoms with van der Waals surface area (Å²) < 4.78 is 20.1. The molecule has 162 valence electrons. The van der Waals surface area contributed by atoms with Gasteiger partial charge in [-0.05, 0) is 36.4 Å². The SMILES string of the molecule is O=C(O)Nc1ccc(OCC2COC(Cn3ccnc3)(c3ccc(Cl)cc3Cl)O2)cc1. The summed E-state index contributed by atoms with van der Waals surface area (Å²) in [7, 11) is 0. The molecule has 0 saturated carbocycles. The maximum absolute atomic E-state index is 10.7. The molecular weight excluding hydrogens is 445 g/mol. The van der Waals surface area contributed by atoms with Crippen LogP contribution in [0.15, 0.2) is 61.2 Å². The van der Waals surface area contributed by atoms with Gasteiger partial charge in [0.2, 0.25) is 5.79 Å². The van der Waals surface area contributed by atoms with Crippen molar-refractivity contribution in [2.45, 2.75) is 18.4 Å². The molecule has 0 aliphatic carbocycles. The summed E-state index contributed by atoms with van der Waals surface area (Å²) in [6.45, 7) is 0.884. The lowest BCUT2D eigenvalue weighted by molar-refractivity contribution is -0.189. The Bertz CT molecular complexity index is 1050. The second kappa shape index (κ2) is 9.15. The lowest BCUT2D eigenvalue weighted by Crippen LogP contribution is -2.34. The van der Waals surface area contributed by atoms with E-state index in [0.717, 1.165) is 0 Å². The van der Waals surface area contributed by atoms with Crippen LogP contribution in [-0.2, 0) is 21.8 Å². The summed E-state index contributed by atoms with van der Waals surface area (Å²) in [6.07, 6.45) is 3.69. The zero-order chi connectivity index (χ0) is 21.8. The average Bonchev–Trinajstić information content (AvgIpc) is 3.38. The van der Waals surface area contributed by atoms with Crippen LogP contribution in [0.3, 0.4) is 0 Å². The number of rotatable bonds is 7. The molecule has 0 bridgehead atoms. The van der Waals surface area contributed by atoms with Gasteiger partial charge in [0.05, 0.1) is 24.5 Å². The molecule has 1 aliphatic heterocycles. The number of amides is 1. The highest BCUT2D eigenvalue weighted by molar-refractivity contribution is 6.35. The van der Waals surface area contributed by atoms with Crippen LogP contribution >= 0.6 is 23.2 Å². The Labute approximate surface area is 188 Å². The fraction of sp³-hybridized carbons (Fsp3) is 0.238. The predicted octanol–water partition coefficient (Wildman–Crippen LogP) is 4.63. The number of hydrogen-bond acceptors (Lipinski definition) is 5. The minimum atomic E-state index is -1.12. The normalized spacial score (nSPS) is 20.5. The smallest absolute Gasteiger partial charge is 0.409 e. The van der Waals surface area contributed by atoms with E-state index in [2.05, 4.69) is 10.3 Å². The lowest BCUT2D eigenvalue weighted by atomic mass is 10.1. The molecular formula is C21H19Cl2N3O5. The summed E-state index contributed by atoms with van der Waals surface area (Å²) in [5, 5.41) is 12.0. The van der Waals surface area contributed by atoms with Crippen molar-refractivity contribution in [2.75, 3.05) is 18.5 Å². The molecule has 0 spiro atoms. The third kappa shape index (κ3) is 5.11. The number of carboxylic acid groups (broad SMARTS) is 1. The first kappa shape index (κ1) is 21.5. The van der Waals surface area contributed by atoms with Crippen molar-refractivity contribution in [3.05, 3.63) is 76.8 Å². The molecule has 1 amide bonds.